The van der Waals surface area contributed by atoms with Crippen molar-refractivity contribution in [2.24, 2.45) is 17.0 Å². The first-order valence-corrected chi connectivity index (χ1v) is 15.2. The van der Waals surface area contributed by atoms with E-state index in [2.05, 4.69) is 10.5 Å². The van der Waals surface area contributed by atoms with Crippen molar-refractivity contribution in [2.45, 2.75) is 68.8 Å². The van der Waals surface area contributed by atoms with E-state index in [0.29, 0.717) is 24.3 Å². The van der Waals surface area contributed by atoms with E-state index in [0.717, 1.165) is 25.0 Å². The Morgan fingerprint density at radius 3 is 2.52 bits per heavy atom. The summed E-state index contributed by atoms with van der Waals surface area (Å²) in [5.74, 6) is 0.389. The molecule has 0 spiro atoms. The van der Waals surface area contributed by atoms with E-state index in [4.69, 9.17) is 14.7 Å². The molecule has 2 aromatic rings. The zero-order valence-corrected chi connectivity index (χ0v) is 23.7. The predicted molar refractivity (Wildman–Crippen MR) is 150 cm³/mol. The average molecular weight is 574 g/mol. The van der Waals surface area contributed by atoms with Gasteiger partial charge in [-0.25, -0.2) is 13.2 Å². The molecule has 1 saturated heterocycles. The number of nitrogens with zero attached hydrogens (tertiary/aromatic N) is 2. The Bertz CT molecular complexity index is 1230. The lowest BCUT2D eigenvalue weighted by atomic mass is 10.0. The summed E-state index contributed by atoms with van der Waals surface area (Å²) in [4.78, 5) is 13.0. The second-order valence-corrected chi connectivity index (χ2v) is 12.9. The van der Waals surface area contributed by atoms with Gasteiger partial charge in [-0.1, -0.05) is 61.5 Å². The number of aliphatic hydroxyl groups excluding tert-OH is 1. The summed E-state index contributed by atoms with van der Waals surface area (Å²) in [5, 5.41) is 25.9. The molecule has 1 aliphatic heterocycles. The summed E-state index contributed by atoms with van der Waals surface area (Å²) in [6.07, 6.45) is 1.92. The Balaban J connectivity index is 1.49. The molecule has 10 nitrogen and oxygen atoms in total. The van der Waals surface area contributed by atoms with Crippen LogP contribution in [0.4, 0.5) is 4.79 Å². The Morgan fingerprint density at radius 2 is 1.88 bits per heavy atom. The number of fused-ring (bicyclic) bond motifs is 1. The molecule has 1 saturated carbocycles. The van der Waals surface area contributed by atoms with Crippen molar-refractivity contribution in [2.75, 3.05) is 19.7 Å². The number of ether oxygens (including phenoxy) is 2. The third-order valence-electron chi connectivity index (χ3n) is 7.43. The van der Waals surface area contributed by atoms with Crippen molar-refractivity contribution in [3.63, 3.8) is 0 Å². The third kappa shape index (κ3) is 7.81. The summed E-state index contributed by atoms with van der Waals surface area (Å²) in [7, 11) is -3.98. The fourth-order valence-corrected chi connectivity index (χ4v) is 7.08. The van der Waals surface area contributed by atoms with Crippen LogP contribution < -0.4 is 5.32 Å². The molecule has 40 heavy (non-hydrogen) atoms. The molecule has 2 aliphatic rings. The van der Waals surface area contributed by atoms with Crippen molar-refractivity contribution < 1.29 is 33.0 Å². The van der Waals surface area contributed by atoms with Crippen molar-refractivity contribution in [3.05, 3.63) is 65.7 Å². The van der Waals surface area contributed by atoms with Crippen LogP contribution in [0.5, 0.6) is 0 Å². The van der Waals surface area contributed by atoms with Crippen molar-refractivity contribution in [1.29, 1.82) is 0 Å². The second-order valence-electron chi connectivity index (χ2n) is 11.0. The topological polar surface area (TPSA) is 138 Å². The molecule has 2 aromatic carbocycles. The summed E-state index contributed by atoms with van der Waals surface area (Å²) < 4.78 is 39.9. The number of hydrogen-bond acceptors (Lipinski definition) is 8. The molecule has 5 atom stereocenters. The first kappa shape index (κ1) is 30.0. The third-order valence-corrected chi connectivity index (χ3v) is 9.28. The van der Waals surface area contributed by atoms with E-state index in [1.807, 2.05) is 44.2 Å². The van der Waals surface area contributed by atoms with Crippen LogP contribution in [0.3, 0.4) is 0 Å². The lowest BCUT2D eigenvalue weighted by Crippen LogP contribution is -2.51. The molecule has 1 unspecified atom stereocenters. The van der Waals surface area contributed by atoms with Crippen LogP contribution in [-0.2, 0) is 25.9 Å². The molecule has 1 aliphatic carbocycles. The van der Waals surface area contributed by atoms with E-state index in [-0.39, 0.29) is 36.1 Å². The van der Waals surface area contributed by atoms with Gasteiger partial charge in [-0.05, 0) is 54.4 Å². The lowest BCUT2D eigenvalue weighted by Gasteiger charge is -2.31. The molecule has 2 fully saturated rings. The molecule has 0 aromatic heterocycles. The van der Waals surface area contributed by atoms with Gasteiger partial charge in [-0.2, -0.15) is 4.31 Å². The average Bonchev–Trinajstić information content (AvgIpc) is 3.51. The second kappa shape index (κ2) is 13.6. The number of alkyl carbamates (subject to hydrolysis) is 1. The number of benzene rings is 2. The summed E-state index contributed by atoms with van der Waals surface area (Å²) in [6, 6.07) is 14.6. The molecule has 0 bridgehead atoms. The molecule has 1 heterocycles. The number of rotatable bonds is 12. The van der Waals surface area contributed by atoms with Crippen molar-refractivity contribution >= 4 is 22.3 Å². The van der Waals surface area contributed by atoms with Gasteiger partial charge in [-0.3, -0.25) is 0 Å². The maximum absolute atomic E-state index is 13.6. The van der Waals surface area contributed by atoms with Crippen molar-refractivity contribution in [1.82, 2.24) is 9.62 Å². The van der Waals surface area contributed by atoms with Gasteiger partial charge in [0, 0.05) is 26.1 Å². The maximum atomic E-state index is 13.6. The minimum absolute atomic E-state index is 0.0164. The Hall–Kier alpha value is -2.99. The number of aliphatic hydroxyl groups is 1. The fourth-order valence-electron chi connectivity index (χ4n) is 5.46. The monoisotopic (exact) mass is 573 g/mol. The van der Waals surface area contributed by atoms with Gasteiger partial charge >= 0.3 is 6.09 Å². The van der Waals surface area contributed by atoms with Crippen LogP contribution in [0.25, 0.3) is 0 Å². The standard InChI is InChI=1S/C29H39N3O7S/c1-20(2)18-32(40(36,37)25-10-8-22(9-11-25)17-30-35)19-27(33)26(14-21-6-4-3-5-7-21)31-29(34)39-24-15-23-12-13-38-28(23)16-24/h3-11,17,20,23-24,26-28,33,35H,12-16,18-19H2,1-2H3,(H,31,34)/t23?,24-,26+,27-,28-/m1/s1. The Morgan fingerprint density at radius 1 is 1.15 bits per heavy atom. The Labute approximate surface area is 236 Å². The molecule has 11 heteroatoms. The zero-order chi connectivity index (χ0) is 28.7. The number of sulfonamides is 1. The number of hydrogen-bond donors (Lipinski definition) is 3. The predicted octanol–water partition coefficient (Wildman–Crippen LogP) is 3.41. The highest BCUT2D eigenvalue weighted by Crippen LogP contribution is 2.37. The van der Waals surface area contributed by atoms with Crippen LogP contribution in [0, 0.1) is 11.8 Å². The van der Waals surface area contributed by atoms with E-state index >= 15 is 0 Å². The molecule has 0 radical (unpaired) electrons. The molecule has 218 valence electrons. The minimum atomic E-state index is -3.98. The smallest absolute Gasteiger partial charge is 0.407 e. The highest BCUT2D eigenvalue weighted by Gasteiger charge is 2.40. The fraction of sp³-hybridized carbons (Fsp3) is 0.517. The van der Waals surface area contributed by atoms with Gasteiger partial charge in [0.05, 0.1) is 29.4 Å². The lowest BCUT2D eigenvalue weighted by molar-refractivity contribution is 0.0554. The highest BCUT2D eigenvalue weighted by atomic mass is 32.2. The van der Waals surface area contributed by atoms with Gasteiger partial charge in [0.25, 0.3) is 0 Å². The van der Waals surface area contributed by atoms with Crippen LogP contribution in [-0.4, -0.2) is 79.4 Å². The summed E-state index contributed by atoms with van der Waals surface area (Å²) >= 11 is 0. The van der Waals surface area contributed by atoms with Crippen molar-refractivity contribution in [3.8, 4) is 0 Å². The van der Waals surface area contributed by atoms with Gasteiger partial charge in [0.15, 0.2) is 0 Å². The van der Waals surface area contributed by atoms with Crippen LogP contribution in [0.2, 0.25) is 0 Å². The largest absolute Gasteiger partial charge is 0.446 e. The molecule has 4 rings (SSSR count). The van der Waals surface area contributed by atoms with E-state index in [1.54, 1.807) is 0 Å². The van der Waals surface area contributed by atoms with Gasteiger partial charge < -0.3 is 25.1 Å². The number of carbonyl (C=O) groups excluding carboxylic acids is 1. The van der Waals surface area contributed by atoms with Crippen LogP contribution in [0.15, 0.2) is 64.6 Å². The van der Waals surface area contributed by atoms with Gasteiger partial charge in [0.1, 0.15) is 6.10 Å². The number of nitrogens with one attached hydrogen (secondary N) is 1. The first-order valence-electron chi connectivity index (χ1n) is 13.7. The van der Waals surface area contributed by atoms with Crippen LogP contribution in [0.1, 0.15) is 44.2 Å². The number of oxime groups is 1. The SMILES string of the molecule is CC(C)CN(C[C@@H](O)[C@H](Cc1ccccc1)NC(=O)O[C@@H]1CC2CCO[C@@H]2C1)S(=O)(=O)c1ccc(C=NO)cc1. The van der Waals surface area contributed by atoms with E-state index in [9.17, 15) is 18.3 Å². The van der Waals surface area contributed by atoms with E-state index in [1.165, 1.54) is 34.8 Å². The highest BCUT2D eigenvalue weighted by molar-refractivity contribution is 7.89. The van der Waals surface area contributed by atoms with Gasteiger partial charge in [0.2, 0.25) is 10.0 Å². The number of carbonyl (C=O) groups is 1. The summed E-state index contributed by atoms with van der Waals surface area (Å²) in [5.41, 5.74) is 1.43. The summed E-state index contributed by atoms with van der Waals surface area (Å²) in [6.45, 7) is 4.49. The molecular formula is C29H39N3O7S. The maximum Gasteiger partial charge on any atom is 0.407 e. The van der Waals surface area contributed by atoms with Crippen LogP contribution >= 0.6 is 0 Å². The minimum Gasteiger partial charge on any atom is -0.446 e. The van der Waals surface area contributed by atoms with E-state index < -0.39 is 28.3 Å². The normalized spacial score (nSPS) is 22.5. The van der Waals surface area contributed by atoms with Gasteiger partial charge in [-0.15, -0.1) is 0 Å². The molecular weight excluding hydrogens is 534 g/mol. The first-order chi connectivity index (χ1) is 19.2. The quantitative estimate of drug-likeness (QED) is 0.201. The number of amides is 1. The zero-order valence-electron chi connectivity index (χ0n) is 22.9. The molecule has 3 N–H and O–H groups in total. The molecule has 1 amide bonds. The Kier molecular flexibility index (Phi) is 10.2.